The summed E-state index contributed by atoms with van der Waals surface area (Å²) in [5.74, 6) is 3.48. The molecule has 38 heavy (non-hydrogen) atoms. The number of fused-ring (bicyclic) bond motifs is 3. The van der Waals surface area contributed by atoms with Gasteiger partial charge in [-0.2, -0.15) is 0 Å². The maximum atomic E-state index is 13.1. The summed E-state index contributed by atoms with van der Waals surface area (Å²) in [6.45, 7) is 6.45. The summed E-state index contributed by atoms with van der Waals surface area (Å²) in [5, 5.41) is 6.59. The van der Waals surface area contributed by atoms with Gasteiger partial charge in [-0.15, -0.1) is 11.8 Å². The number of nitrogens with one attached hydrogen (secondary N) is 2. The van der Waals surface area contributed by atoms with Crippen LogP contribution in [0.15, 0.2) is 23.1 Å². The van der Waals surface area contributed by atoms with Gasteiger partial charge in [0.15, 0.2) is 0 Å². The van der Waals surface area contributed by atoms with Crippen molar-refractivity contribution in [2.24, 2.45) is 17.8 Å². The highest BCUT2D eigenvalue weighted by atomic mass is 32.2. The van der Waals surface area contributed by atoms with E-state index in [-0.39, 0.29) is 18.2 Å². The smallest absolute Gasteiger partial charge is 0.255 e. The first-order valence-electron chi connectivity index (χ1n) is 14.8. The number of carbonyl (C=O) groups excluding carboxylic acids is 3. The van der Waals surface area contributed by atoms with E-state index < -0.39 is 6.04 Å². The van der Waals surface area contributed by atoms with Gasteiger partial charge in [0.25, 0.3) is 5.91 Å². The van der Waals surface area contributed by atoms with Gasteiger partial charge in [0, 0.05) is 36.0 Å². The minimum Gasteiger partial charge on any atom is -0.357 e. The van der Waals surface area contributed by atoms with E-state index in [1.807, 2.05) is 23.9 Å². The number of hydrogen-bond acceptors (Lipinski definition) is 5. The molecule has 2 bridgehead atoms. The molecule has 1 aromatic carbocycles. The van der Waals surface area contributed by atoms with Gasteiger partial charge in [0.1, 0.15) is 12.3 Å². The van der Waals surface area contributed by atoms with Gasteiger partial charge in [0.2, 0.25) is 5.91 Å². The number of amides is 2. The maximum Gasteiger partial charge on any atom is 0.255 e. The third kappa shape index (κ3) is 7.20. The van der Waals surface area contributed by atoms with E-state index in [2.05, 4.69) is 30.5 Å². The topological polar surface area (TPSA) is 78.5 Å². The number of likely N-dealkylation sites (N-methyl/N-ethyl adjacent to an activating group) is 1. The molecule has 2 amide bonds. The summed E-state index contributed by atoms with van der Waals surface area (Å²) >= 11 is 1.82. The fourth-order valence-corrected chi connectivity index (χ4v) is 8.51. The van der Waals surface area contributed by atoms with Gasteiger partial charge in [-0.1, -0.05) is 25.8 Å². The van der Waals surface area contributed by atoms with E-state index in [1.165, 1.54) is 51.4 Å². The lowest BCUT2D eigenvalue weighted by molar-refractivity contribution is -0.125. The zero-order valence-electron chi connectivity index (χ0n) is 23.6. The standard InChI is InChI=1S/C31H47N3O3S/c1-22-16-23-18-24(17-22)20-31(2,19-23)33-13-6-4-5-7-15-38-28-12-8-10-25-26(28)21-34(30(25)37)27(11-9-14-35)29(36)32-3/h8,10,12,14,22-24,27,33H,4-7,9,11,13,15-21H2,1-3H3,(H,32,36). The van der Waals surface area contributed by atoms with Crippen LogP contribution in [-0.4, -0.2) is 53.9 Å². The van der Waals surface area contributed by atoms with Crippen molar-refractivity contribution < 1.29 is 14.4 Å². The minimum atomic E-state index is -0.615. The molecule has 1 aliphatic heterocycles. The zero-order chi connectivity index (χ0) is 27.1. The molecule has 0 aromatic heterocycles. The van der Waals surface area contributed by atoms with E-state index >= 15 is 0 Å². The molecule has 3 unspecified atom stereocenters. The maximum absolute atomic E-state index is 13.1. The van der Waals surface area contributed by atoms with Crippen molar-refractivity contribution in [1.82, 2.24) is 15.5 Å². The van der Waals surface area contributed by atoms with Crippen molar-refractivity contribution in [2.75, 3.05) is 19.3 Å². The summed E-state index contributed by atoms with van der Waals surface area (Å²) in [6.07, 6.45) is 13.3. The first-order chi connectivity index (χ1) is 18.3. The van der Waals surface area contributed by atoms with Crippen LogP contribution in [0.1, 0.15) is 100 Å². The Morgan fingerprint density at radius 1 is 1.16 bits per heavy atom. The molecule has 6 nitrogen and oxygen atoms in total. The molecular weight excluding hydrogens is 494 g/mol. The third-order valence-electron chi connectivity index (χ3n) is 8.93. The predicted molar refractivity (Wildman–Crippen MR) is 154 cm³/mol. The molecule has 0 spiro atoms. The molecule has 2 N–H and O–H groups in total. The SMILES string of the molecule is CNC(=O)C(CCC=O)N1Cc2c(SCCCCCCNC3(C)CC4CC(C)CC(C4)C3)cccc2C1=O. The van der Waals surface area contributed by atoms with Gasteiger partial charge in [-0.05, 0) is 106 Å². The molecule has 4 rings (SSSR count). The Balaban J connectivity index is 1.18. The van der Waals surface area contributed by atoms with Crippen LogP contribution in [0, 0.1) is 17.8 Å². The van der Waals surface area contributed by atoms with Crippen LogP contribution in [0.5, 0.6) is 0 Å². The number of benzene rings is 1. The van der Waals surface area contributed by atoms with Crippen molar-refractivity contribution in [1.29, 1.82) is 0 Å². The lowest BCUT2D eigenvalue weighted by Crippen LogP contribution is -2.50. The fraction of sp³-hybridized carbons (Fsp3) is 0.710. The van der Waals surface area contributed by atoms with Crippen LogP contribution in [-0.2, 0) is 16.1 Å². The first kappa shape index (κ1) is 29.1. The lowest BCUT2D eigenvalue weighted by atomic mass is 9.62. The van der Waals surface area contributed by atoms with Crippen molar-refractivity contribution >= 4 is 29.9 Å². The van der Waals surface area contributed by atoms with E-state index in [9.17, 15) is 14.4 Å². The Labute approximate surface area is 233 Å². The van der Waals surface area contributed by atoms with Crippen LogP contribution in [0.25, 0.3) is 0 Å². The Bertz CT molecular complexity index is 965. The van der Waals surface area contributed by atoms with Crippen LogP contribution in [0.2, 0.25) is 0 Å². The second kappa shape index (κ2) is 13.5. The molecule has 1 heterocycles. The summed E-state index contributed by atoms with van der Waals surface area (Å²) in [4.78, 5) is 39.2. The zero-order valence-corrected chi connectivity index (χ0v) is 24.4. The molecule has 1 aromatic rings. The molecule has 7 heteroatoms. The number of unbranched alkanes of at least 4 members (excludes halogenated alkanes) is 3. The molecule has 0 radical (unpaired) electrons. The summed E-state index contributed by atoms with van der Waals surface area (Å²) in [5.41, 5.74) is 2.05. The quantitative estimate of drug-likeness (QED) is 0.183. The van der Waals surface area contributed by atoms with Crippen molar-refractivity contribution in [3.63, 3.8) is 0 Å². The fourth-order valence-electron chi connectivity index (χ4n) is 7.42. The summed E-state index contributed by atoms with van der Waals surface area (Å²) in [6, 6.07) is 5.27. The molecular formula is C31H47N3O3S. The molecule has 3 atom stereocenters. The van der Waals surface area contributed by atoms with Crippen molar-refractivity contribution in [3.8, 4) is 0 Å². The average Bonchev–Trinajstić information content (AvgIpc) is 3.21. The molecule has 2 saturated carbocycles. The van der Waals surface area contributed by atoms with E-state index in [1.54, 1.807) is 11.9 Å². The van der Waals surface area contributed by atoms with E-state index in [0.717, 1.165) is 53.2 Å². The normalized spacial score (nSPS) is 27.2. The number of rotatable bonds is 14. The van der Waals surface area contributed by atoms with Crippen molar-refractivity contribution in [3.05, 3.63) is 29.3 Å². The average molecular weight is 542 g/mol. The summed E-state index contributed by atoms with van der Waals surface area (Å²) < 4.78 is 0. The largest absolute Gasteiger partial charge is 0.357 e. The molecule has 0 saturated heterocycles. The Hall–Kier alpha value is -1.86. The highest BCUT2D eigenvalue weighted by Gasteiger charge is 2.40. The molecule has 210 valence electrons. The third-order valence-corrected chi connectivity index (χ3v) is 10.1. The first-order valence-corrected chi connectivity index (χ1v) is 15.8. The molecule has 2 aliphatic carbocycles. The highest BCUT2D eigenvalue weighted by Crippen LogP contribution is 2.46. The van der Waals surface area contributed by atoms with Crippen LogP contribution >= 0.6 is 11.8 Å². The van der Waals surface area contributed by atoms with Crippen LogP contribution in [0.3, 0.4) is 0 Å². The van der Waals surface area contributed by atoms with Crippen molar-refractivity contribution in [2.45, 2.75) is 107 Å². The van der Waals surface area contributed by atoms with Gasteiger partial charge < -0.3 is 20.3 Å². The number of carbonyl (C=O) groups is 3. The number of nitrogens with zero attached hydrogens (tertiary/aromatic N) is 1. The number of aldehydes is 1. The lowest BCUT2D eigenvalue weighted by Gasteiger charge is -2.47. The van der Waals surface area contributed by atoms with Crippen LogP contribution < -0.4 is 10.6 Å². The minimum absolute atomic E-state index is 0.112. The van der Waals surface area contributed by atoms with E-state index in [4.69, 9.17) is 0 Å². The van der Waals surface area contributed by atoms with Crippen LogP contribution in [0.4, 0.5) is 0 Å². The van der Waals surface area contributed by atoms with Gasteiger partial charge in [-0.3, -0.25) is 9.59 Å². The predicted octanol–water partition coefficient (Wildman–Crippen LogP) is 5.58. The Kier molecular flexibility index (Phi) is 10.3. The second-order valence-corrected chi connectivity index (χ2v) is 13.4. The molecule has 3 aliphatic rings. The number of thioether (sulfide) groups is 1. The van der Waals surface area contributed by atoms with E-state index in [0.29, 0.717) is 24.1 Å². The highest BCUT2D eigenvalue weighted by molar-refractivity contribution is 7.99. The van der Waals surface area contributed by atoms with Gasteiger partial charge in [0.05, 0.1) is 0 Å². The van der Waals surface area contributed by atoms with Gasteiger partial charge in [-0.25, -0.2) is 0 Å². The summed E-state index contributed by atoms with van der Waals surface area (Å²) in [7, 11) is 1.57. The Morgan fingerprint density at radius 3 is 2.61 bits per heavy atom. The number of hydrogen-bond donors (Lipinski definition) is 2. The Morgan fingerprint density at radius 2 is 1.89 bits per heavy atom. The van der Waals surface area contributed by atoms with Gasteiger partial charge >= 0.3 is 0 Å². The monoisotopic (exact) mass is 541 g/mol. The molecule has 2 fully saturated rings. The second-order valence-electron chi connectivity index (χ2n) is 12.3.